The van der Waals surface area contributed by atoms with E-state index in [2.05, 4.69) is 0 Å². The maximum absolute atomic E-state index is 12.8. The van der Waals surface area contributed by atoms with Crippen LogP contribution in [0.2, 0.25) is 0 Å². The molecule has 0 fully saturated rings. The molecule has 0 atom stereocenters. The van der Waals surface area contributed by atoms with Crippen molar-refractivity contribution in [2.75, 3.05) is 18.0 Å². The Hall–Kier alpha value is -1.30. The van der Waals surface area contributed by atoms with E-state index in [1.54, 1.807) is 0 Å². The predicted octanol–water partition coefficient (Wildman–Crippen LogP) is 3.97. The Morgan fingerprint density at radius 1 is 1.20 bits per heavy atom. The van der Waals surface area contributed by atoms with Gasteiger partial charge in [-0.3, -0.25) is 0 Å². The van der Waals surface area contributed by atoms with Gasteiger partial charge in [0.15, 0.2) is 0 Å². The summed E-state index contributed by atoms with van der Waals surface area (Å²) in [6.07, 6.45) is -2.59. The molecule has 1 aromatic carbocycles. The first-order chi connectivity index (χ1) is 9.31. The molecule has 0 aromatic heterocycles. The lowest BCUT2D eigenvalue weighted by atomic mass is 10.1. The number of halogens is 3. The molecule has 0 bridgehead atoms. The highest BCUT2D eigenvalue weighted by atomic mass is 32.1. The Labute approximate surface area is 122 Å². The monoisotopic (exact) mass is 304 g/mol. The van der Waals surface area contributed by atoms with E-state index in [1.807, 2.05) is 18.7 Å². The molecule has 112 valence electrons. The van der Waals surface area contributed by atoms with Crippen LogP contribution in [0.4, 0.5) is 18.9 Å². The summed E-state index contributed by atoms with van der Waals surface area (Å²) in [7, 11) is 0. The molecular weight excluding hydrogens is 285 g/mol. The molecule has 1 aromatic rings. The van der Waals surface area contributed by atoms with Crippen LogP contribution in [-0.4, -0.2) is 18.1 Å². The van der Waals surface area contributed by atoms with Gasteiger partial charge in [0.25, 0.3) is 0 Å². The van der Waals surface area contributed by atoms with Crippen LogP contribution in [-0.2, 0) is 6.18 Å². The van der Waals surface area contributed by atoms with E-state index in [4.69, 9.17) is 18.0 Å². The number of rotatable bonds is 6. The quantitative estimate of drug-likeness (QED) is 0.806. The Morgan fingerprint density at radius 3 is 2.15 bits per heavy atom. The van der Waals surface area contributed by atoms with Crippen molar-refractivity contribution < 1.29 is 13.2 Å². The number of nitrogens with zero attached hydrogens (tertiary/aromatic N) is 1. The number of anilines is 1. The molecule has 0 unspecified atom stereocenters. The van der Waals surface area contributed by atoms with E-state index in [0.29, 0.717) is 5.69 Å². The van der Waals surface area contributed by atoms with Crippen molar-refractivity contribution in [1.29, 1.82) is 0 Å². The zero-order valence-corrected chi connectivity index (χ0v) is 12.4. The number of hydrogen-bond donors (Lipinski definition) is 1. The highest BCUT2D eigenvalue weighted by molar-refractivity contribution is 7.80. The van der Waals surface area contributed by atoms with Crippen molar-refractivity contribution in [3.05, 3.63) is 29.3 Å². The van der Waals surface area contributed by atoms with Crippen LogP contribution in [0, 0.1) is 0 Å². The Bertz CT molecular complexity index is 466. The second kappa shape index (κ2) is 6.92. The molecule has 0 radical (unpaired) electrons. The molecule has 0 amide bonds. The fraction of sp³-hybridized carbons (Fsp3) is 0.500. The van der Waals surface area contributed by atoms with Crippen molar-refractivity contribution in [3.63, 3.8) is 0 Å². The summed E-state index contributed by atoms with van der Waals surface area (Å²) < 4.78 is 38.3. The molecule has 2 nitrogen and oxygen atoms in total. The molecule has 0 saturated carbocycles. The molecule has 0 saturated heterocycles. The molecule has 0 heterocycles. The van der Waals surface area contributed by atoms with Crippen LogP contribution in [0.3, 0.4) is 0 Å². The summed E-state index contributed by atoms with van der Waals surface area (Å²) in [5.74, 6) is 0. The van der Waals surface area contributed by atoms with Gasteiger partial charge in [-0.1, -0.05) is 26.1 Å². The van der Waals surface area contributed by atoms with Crippen molar-refractivity contribution in [2.24, 2.45) is 5.73 Å². The molecule has 0 aliphatic carbocycles. The lowest BCUT2D eigenvalue weighted by Crippen LogP contribution is -2.28. The first-order valence-electron chi connectivity index (χ1n) is 6.57. The van der Waals surface area contributed by atoms with Gasteiger partial charge in [0.1, 0.15) is 4.99 Å². The zero-order chi connectivity index (χ0) is 15.3. The predicted molar refractivity (Wildman–Crippen MR) is 80.1 cm³/mol. The standard InChI is InChI=1S/C14H19F3N2S/c1-3-7-19(8-4-2)12-6-5-10(14(15,16)17)9-11(12)13(18)20/h5-6,9H,3-4,7-8H2,1-2H3,(H2,18,20). The van der Waals surface area contributed by atoms with Crippen molar-refractivity contribution >= 4 is 22.9 Å². The topological polar surface area (TPSA) is 29.3 Å². The Morgan fingerprint density at radius 2 is 1.75 bits per heavy atom. The maximum atomic E-state index is 12.8. The Balaban J connectivity index is 3.28. The molecule has 20 heavy (non-hydrogen) atoms. The molecule has 0 aliphatic rings. The molecule has 0 aliphatic heterocycles. The third-order valence-corrected chi connectivity index (χ3v) is 3.14. The van der Waals surface area contributed by atoms with Gasteiger partial charge in [-0.05, 0) is 31.0 Å². The molecule has 1 rings (SSSR count). The van der Waals surface area contributed by atoms with E-state index in [9.17, 15) is 13.2 Å². The minimum atomic E-state index is -4.39. The van der Waals surface area contributed by atoms with E-state index in [1.165, 1.54) is 6.07 Å². The maximum Gasteiger partial charge on any atom is 0.416 e. The van der Waals surface area contributed by atoms with Crippen LogP contribution in [0.25, 0.3) is 0 Å². The summed E-state index contributed by atoms with van der Waals surface area (Å²) >= 11 is 4.90. The van der Waals surface area contributed by atoms with Crippen LogP contribution >= 0.6 is 12.2 Å². The summed E-state index contributed by atoms with van der Waals surface area (Å²) in [6.45, 7) is 5.56. The number of thiocarbonyl (C=S) groups is 1. The highest BCUT2D eigenvalue weighted by Crippen LogP contribution is 2.33. The van der Waals surface area contributed by atoms with Crippen LogP contribution < -0.4 is 10.6 Å². The zero-order valence-electron chi connectivity index (χ0n) is 11.6. The van der Waals surface area contributed by atoms with E-state index in [0.717, 1.165) is 38.1 Å². The summed E-state index contributed by atoms with van der Waals surface area (Å²) in [5, 5.41) is 0. The second-order valence-electron chi connectivity index (χ2n) is 4.58. The summed E-state index contributed by atoms with van der Waals surface area (Å²) in [6, 6.07) is 3.58. The van der Waals surface area contributed by atoms with Gasteiger partial charge >= 0.3 is 6.18 Å². The number of benzene rings is 1. The minimum Gasteiger partial charge on any atom is -0.389 e. The van der Waals surface area contributed by atoms with Gasteiger partial charge in [0, 0.05) is 24.3 Å². The molecular formula is C14H19F3N2S. The van der Waals surface area contributed by atoms with Gasteiger partial charge in [-0.15, -0.1) is 0 Å². The molecule has 2 N–H and O–H groups in total. The minimum absolute atomic E-state index is 0.0108. The number of hydrogen-bond acceptors (Lipinski definition) is 2. The first kappa shape index (κ1) is 16.8. The number of nitrogens with two attached hydrogens (primary N) is 1. The molecule has 6 heteroatoms. The van der Waals surface area contributed by atoms with Gasteiger partial charge in [-0.25, -0.2) is 0 Å². The van der Waals surface area contributed by atoms with E-state index in [-0.39, 0.29) is 10.6 Å². The second-order valence-corrected chi connectivity index (χ2v) is 5.02. The highest BCUT2D eigenvalue weighted by Gasteiger charge is 2.31. The molecule has 0 spiro atoms. The first-order valence-corrected chi connectivity index (χ1v) is 6.98. The van der Waals surface area contributed by atoms with Crippen LogP contribution in [0.5, 0.6) is 0 Å². The fourth-order valence-corrected chi connectivity index (χ4v) is 2.24. The van der Waals surface area contributed by atoms with E-state index < -0.39 is 11.7 Å². The van der Waals surface area contributed by atoms with Gasteiger partial charge in [-0.2, -0.15) is 13.2 Å². The smallest absolute Gasteiger partial charge is 0.389 e. The van der Waals surface area contributed by atoms with E-state index >= 15 is 0 Å². The van der Waals surface area contributed by atoms with Crippen molar-refractivity contribution in [3.8, 4) is 0 Å². The van der Waals surface area contributed by atoms with Gasteiger partial charge in [0.2, 0.25) is 0 Å². The lowest BCUT2D eigenvalue weighted by Gasteiger charge is -2.26. The SMILES string of the molecule is CCCN(CCC)c1ccc(C(F)(F)F)cc1C(N)=S. The van der Waals surface area contributed by atoms with Crippen molar-refractivity contribution in [2.45, 2.75) is 32.9 Å². The van der Waals surface area contributed by atoms with Crippen LogP contribution in [0.1, 0.15) is 37.8 Å². The third-order valence-electron chi connectivity index (χ3n) is 2.92. The lowest BCUT2D eigenvalue weighted by molar-refractivity contribution is -0.137. The van der Waals surface area contributed by atoms with Crippen molar-refractivity contribution in [1.82, 2.24) is 0 Å². The average molecular weight is 304 g/mol. The van der Waals surface area contributed by atoms with Gasteiger partial charge in [0.05, 0.1) is 5.56 Å². The fourth-order valence-electron chi connectivity index (χ4n) is 2.08. The number of alkyl halides is 3. The normalized spacial score (nSPS) is 11.4. The largest absolute Gasteiger partial charge is 0.416 e. The Kier molecular flexibility index (Phi) is 5.80. The average Bonchev–Trinajstić information content (AvgIpc) is 2.36. The van der Waals surface area contributed by atoms with Gasteiger partial charge < -0.3 is 10.6 Å². The third kappa shape index (κ3) is 4.10. The summed E-state index contributed by atoms with van der Waals surface area (Å²) in [5.41, 5.74) is 5.83. The summed E-state index contributed by atoms with van der Waals surface area (Å²) in [4.78, 5) is 2.01. The van der Waals surface area contributed by atoms with Crippen LogP contribution in [0.15, 0.2) is 18.2 Å².